The van der Waals surface area contributed by atoms with Gasteiger partial charge in [-0.1, -0.05) is 24.3 Å². The molecule has 0 unspecified atom stereocenters. The molecule has 3 aromatic rings. The number of benzene rings is 2. The number of nitrogens with zero attached hydrogens (tertiary/aromatic N) is 2. The number of hydrogen-bond donors (Lipinski definition) is 2. The Hall–Kier alpha value is -2.41. The van der Waals surface area contributed by atoms with Crippen molar-refractivity contribution < 1.29 is 9.47 Å². The van der Waals surface area contributed by atoms with Crippen LogP contribution in [0.3, 0.4) is 0 Å². The normalized spacial score (nSPS) is 15.2. The average molecular weight is 395 g/mol. The zero-order valence-corrected chi connectivity index (χ0v) is 17.1. The van der Waals surface area contributed by atoms with Gasteiger partial charge in [-0.3, -0.25) is 10.00 Å². The smallest absolute Gasteiger partial charge is 0.119 e. The monoisotopic (exact) mass is 394 g/mol. The van der Waals surface area contributed by atoms with Gasteiger partial charge in [-0.2, -0.15) is 5.10 Å². The molecule has 0 aliphatic carbocycles. The van der Waals surface area contributed by atoms with Crippen molar-refractivity contribution in [2.75, 3.05) is 33.4 Å². The lowest BCUT2D eigenvalue weighted by molar-refractivity contribution is 0.0392. The summed E-state index contributed by atoms with van der Waals surface area (Å²) in [5.41, 5.74) is 3.54. The largest absolute Gasteiger partial charge is 0.492 e. The van der Waals surface area contributed by atoms with E-state index in [1.807, 2.05) is 12.3 Å². The summed E-state index contributed by atoms with van der Waals surface area (Å²) in [6.45, 7) is 5.01. The molecule has 4 rings (SSSR count). The number of aromatic nitrogens is 2. The first-order valence-electron chi connectivity index (χ1n) is 10.4. The van der Waals surface area contributed by atoms with Gasteiger partial charge in [0.25, 0.3) is 0 Å². The number of aromatic amines is 1. The summed E-state index contributed by atoms with van der Waals surface area (Å²) >= 11 is 0. The summed E-state index contributed by atoms with van der Waals surface area (Å²) in [5.74, 6) is 0.934. The third-order valence-corrected chi connectivity index (χ3v) is 5.59. The second-order valence-electron chi connectivity index (χ2n) is 7.72. The van der Waals surface area contributed by atoms with Crippen LogP contribution in [0.1, 0.15) is 24.0 Å². The number of ether oxygens (including phenoxy) is 2. The minimum Gasteiger partial charge on any atom is -0.492 e. The Labute approximate surface area is 172 Å². The molecule has 6 nitrogen and oxygen atoms in total. The molecule has 154 valence electrons. The highest BCUT2D eigenvalue weighted by Gasteiger charge is 2.17. The van der Waals surface area contributed by atoms with E-state index in [0.29, 0.717) is 12.6 Å². The molecule has 0 amide bonds. The molecule has 0 spiro atoms. The van der Waals surface area contributed by atoms with Gasteiger partial charge in [-0.15, -0.1) is 0 Å². The summed E-state index contributed by atoms with van der Waals surface area (Å²) in [7, 11) is 2.18. The Morgan fingerprint density at radius 3 is 2.83 bits per heavy atom. The van der Waals surface area contributed by atoms with E-state index in [1.165, 1.54) is 11.1 Å². The van der Waals surface area contributed by atoms with Crippen LogP contribution in [0.2, 0.25) is 0 Å². The fraction of sp³-hybridized carbons (Fsp3) is 0.435. The SMILES string of the molecule is CN(CCOc1cccc(CNCc2ccc3cn[nH]c3c2)c1)C1CCOCC1. The second kappa shape index (κ2) is 9.87. The van der Waals surface area contributed by atoms with E-state index in [-0.39, 0.29) is 0 Å². The maximum Gasteiger partial charge on any atom is 0.119 e. The van der Waals surface area contributed by atoms with Crippen LogP contribution in [0.25, 0.3) is 10.9 Å². The van der Waals surface area contributed by atoms with Gasteiger partial charge in [-0.05, 0) is 49.2 Å². The minimum atomic E-state index is 0.615. The van der Waals surface area contributed by atoms with E-state index in [2.05, 4.69) is 63.9 Å². The van der Waals surface area contributed by atoms with Gasteiger partial charge < -0.3 is 14.8 Å². The van der Waals surface area contributed by atoms with Crippen molar-refractivity contribution in [3.8, 4) is 5.75 Å². The van der Waals surface area contributed by atoms with Gasteiger partial charge in [-0.25, -0.2) is 0 Å². The molecule has 1 aromatic heterocycles. The van der Waals surface area contributed by atoms with Crippen LogP contribution in [-0.2, 0) is 17.8 Å². The molecule has 6 heteroatoms. The van der Waals surface area contributed by atoms with Gasteiger partial charge in [0, 0.05) is 44.3 Å². The molecular weight excluding hydrogens is 364 g/mol. The number of hydrogen-bond acceptors (Lipinski definition) is 5. The molecular formula is C23H30N4O2. The van der Waals surface area contributed by atoms with Crippen LogP contribution >= 0.6 is 0 Å². The quantitative estimate of drug-likeness (QED) is 0.583. The van der Waals surface area contributed by atoms with E-state index in [1.54, 1.807) is 0 Å². The maximum absolute atomic E-state index is 6.00. The predicted molar refractivity (Wildman–Crippen MR) is 115 cm³/mol. The third kappa shape index (κ3) is 5.56. The summed E-state index contributed by atoms with van der Waals surface area (Å²) in [6, 6.07) is 15.3. The molecule has 0 saturated carbocycles. The summed E-state index contributed by atoms with van der Waals surface area (Å²) in [6.07, 6.45) is 4.08. The highest BCUT2D eigenvalue weighted by Crippen LogP contribution is 2.16. The minimum absolute atomic E-state index is 0.615. The summed E-state index contributed by atoms with van der Waals surface area (Å²) in [4.78, 5) is 2.39. The highest BCUT2D eigenvalue weighted by atomic mass is 16.5. The summed E-state index contributed by atoms with van der Waals surface area (Å²) < 4.78 is 11.4. The lowest BCUT2D eigenvalue weighted by Gasteiger charge is -2.31. The zero-order valence-electron chi connectivity index (χ0n) is 17.1. The molecule has 1 aliphatic rings. The van der Waals surface area contributed by atoms with Crippen LogP contribution in [-0.4, -0.2) is 54.6 Å². The second-order valence-corrected chi connectivity index (χ2v) is 7.72. The number of H-pyrrole nitrogens is 1. The first-order chi connectivity index (χ1) is 14.3. The van der Waals surface area contributed by atoms with E-state index in [9.17, 15) is 0 Å². The van der Waals surface area contributed by atoms with Gasteiger partial charge in [0.05, 0.1) is 11.7 Å². The first kappa shape index (κ1) is 19.9. The Balaban J connectivity index is 1.21. The number of rotatable bonds is 9. The lowest BCUT2D eigenvalue weighted by Crippen LogP contribution is -2.38. The number of fused-ring (bicyclic) bond motifs is 1. The number of likely N-dealkylation sites (N-methyl/N-ethyl adjacent to an activating group) is 1. The van der Waals surface area contributed by atoms with E-state index in [0.717, 1.165) is 62.3 Å². The predicted octanol–water partition coefficient (Wildman–Crippen LogP) is 3.34. The van der Waals surface area contributed by atoms with Gasteiger partial charge in [0.2, 0.25) is 0 Å². The molecule has 2 heterocycles. The molecule has 2 N–H and O–H groups in total. The van der Waals surface area contributed by atoms with Crippen LogP contribution in [0.5, 0.6) is 5.75 Å². The van der Waals surface area contributed by atoms with Gasteiger partial charge in [0.15, 0.2) is 0 Å². The van der Waals surface area contributed by atoms with Crippen molar-refractivity contribution in [2.24, 2.45) is 0 Å². The molecule has 0 bridgehead atoms. The van der Waals surface area contributed by atoms with Crippen molar-refractivity contribution in [1.29, 1.82) is 0 Å². The van der Waals surface area contributed by atoms with E-state index >= 15 is 0 Å². The Morgan fingerprint density at radius 1 is 1.14 bits per heavy atom. The van der Waals surface area contributed by atoms with Crippen molar-refractivity contribution in [2.45, 2.75) is 32.0 Å². The molecule has 2 aromatic carbocycles. The first-order valence-corrected chi connectivity index (χ1v) is 10.4. The van der Waals surface area contributed by atoms with Crippen LogP contribution in [0.15, 0.2) is 48.7 Å². The molecule has 29 heavy (non-hydrogen) atoms. The third-order valence-electron chi connectivity index (χ3n) is 5.59. The van der Waals surface area contributed by atoms with Gasteiger partial charge >= 0.3 is 0 Å². The Bertz CT molecular complexity index is 905. The molecule has 1 fully saturated rings. The van der Waals surface area contributed by atoms with Gasteiger partial charge in [0.1, 0.15) is 12.4 Å². The van der Waals surface area contributed by atoms with Crippen molar-refractivity contribution in [1.82, 2.24) is 20.4 Å². The van der Waals surface area contributed by atoms with E-state index in [4.69, 9.17) is 9.47 Å². The maximum atomic E-state index is 6.00. The van der Waals surface area contributed by atoms with Crippen molar-refractivity contribution in [3.63, 3.8) is 0 Å². The van der Waals surface area contributed by atoms with Crippen molar-refractivity contribution in [3.05, 3.63) is 59.8 Å². The lowest BCUT2D eigenvalue weighted by atomic mass is 10.1. The van der Waals surface area contributed by atoms with Crippen LogP contribution in [0.4, 0.5) is 0 Å². The molecule has 0 atom stereocenters. The van der Waals surface area contributed by atoms with Crippen LogP contribution in [0, 0.1) is 0 Å². The fourth-order valence-corrected chi connectivity index (χ4v) is 3.81. The van der Waals surface area contributed by atoms with E-state index < -0.39 is 0 Å². The topological polar surface area (TPSA) is 62.4 Å². The Kier molecular flexibility index (Phi) is 6.77. The van der Waals surface area contributed by atoms with Crippen LogP contribution < -0.4 is 10.1 Å². The summed E-state index contributed by atoms with van der Waals surface area (Å²) in [5, 5.41) is 11.7. The Morgan fingerprint density at radius 2 is 1.97 bits per heavy atom. The molecule has 1 saturated heterocycles. The fourth-order valence-electron chi connectivity index (χ4n) is 3.81. The standard InChI is InChI=1S/C23H30N4O2/c1-27(21-7-10-28-11-8-21)9-12-29-22-4-2-3-18(13-22)15-24-16-19-5-6-20-17-25-26-23(20)14-19/h2-6,13-14,17,21,24H,7-12,15-16H2,1H3,(H,25,26). The molecule has 0 radical (unpaired) electrons. The zero-order chi connectivity index (χ0) is 19.9. The highest BCUT2D eigenvalue weighted by molar-refractivity contribution is 5.78. The van der Waals surface area contributed by atoms with Crippen molar-refractivity contribution >= 4 is 10.9 Å². The number of nitrogens with one attached hydrogen (secondary N) is 2. The molecule has 1 aliphatic heterocycles. The average Bonchev–Trinajstić information content (AvgIpc) is 3.23.